The normalized spacial score (nSPS) is 11.4. The lowest BCUT2D eigenvalue weighted by atomic mass is 10.2. The lowest BCUT2D eigenvalue weighted by molar-refractivity contribution is 0.184. The highest BCUT2D eigenvalue weighted by Crippen LogP contribution is 2.15. The molecule has 0 saturated heterocycles. The molecule has 0 N–H and O–H groups in total. The van der Waals surface area contributed by atoms with E-state index >= 15 is 0 Å². The molecule has 2 aromatic rings. The van der Waals surface area contributed by atoms with Gasteiger partial charge in [-0.3, -0.25) is 4.90 Å². The molecule has 2 rings (SSSR count). The predicted octanol–water partition coefficient (Wildman–Crippen LogP) is 2.85. The second-order valence-electron chi connectivity index (χ2n) is 5.75. The first-order valence-corrected chi connectivity index (χ1v) is 7.24. The highest BCUT2D eigenvalue weighted by Gasteiger charge is 2.14. The van der Waals surface area contributed by atoms with Crippen molar-refractivity contribution >= 4 is 5.95 Å². The van der Waals surface area contributed by atoms with E-state index in [0.29, 0.717) is 6.04 Å². The van der Waals surface area contributed by atoms with Gasteiger partial charge in [-0.25, -0.2) is 9.97 Å². The number of furan rings is 1. The van der Waals surface area contributed by atoms with Crippen LogP contribution in [0.15, 0.2) is 28.8 Å². The molecule has 21 heavy (non-hydrogen) atoms. The summed E-state index contributed by atoms with van der Waals surface area (Å²) in [7, 11) is 3.90. The first-order chi connectivity index (χ1) is 9.95. The van der Waals surface area contributed by atoms with Crippen LogP contribution in [0.4, 0.5) is 5.95 Å². The summed E-state index contributed by atoms with van der Waals surface area (Å²) in [5.74, 6) is 2.68. The number of aryl methyl sites for hydroxylation is 1. The van der Waals surface area contributed by atoms with E-state index in [1.165, 1.54) is 0 Å². The van der Waals surface area contributed by atoms with Crippen LogP contribution in [-0.2, 0) is 13.1 Å². The topological polar surface area (TPSA) is 45.4 Å². The molecule has 5 heteroatoms. The van der Waals surface area contributed by atoms with Crippen molar-refractivity contribution in [3.8, 4) is 0 Å². The summed E-state index contributed by atoms with van der Waals surface area (Å²) in [6.45, 7) is 7.90. The lowest BCUT2D eigenvalue weighted by Crippen LogP contribution is -2.30. The first-order valence-electron chi connectivity index (χ1n) is 7.24. The van der Waals surface area contributed by atoms with Gasteiger partial charge in [0.15, 0.2) is 0 Å². The van der Waals surface area contributed by atoms with Gasteiger partial charge < -0.3 is 9.32 Å². The second kappa shape index (κ2) is 6.72. The van der Waals surface area contributed by atoms with E-state index in [1.807, 2.05) is 50.3 Å². The zero-order valence-electron chi connectivity index (χ0n) is 13.5. The molecule has 0 amide bonds. The fraction of sp³-hybridized carbons (Fsp3) is 0.500. The summed E-state index contributed by atoms with van der Waals surface area (Å²) in [5, 5.41) is 0. The van der Waals surface area contributed by atoms with Crippen molar-refractivity contribution in [3.05, 3.63) is 41.6 Å². The van der Waals surface area contributed by atoms with Gasteiger partial charge in [-0.2, -0.15) is 0 Å². The molecule has 2 aromatic heterocycles. The van der Waals surface area contributed by atoms with Crippen molar-refractivity contribution in [3.63, 3.8) is 0 Å². The third-order valence-electron chi connectivity index (χ3n) is 3.35. The summed E-state index contributed by atoms with van der Waals surface area (Å²) in [4.78, 5) is 13.1. The first kappa shape index (κ1) is 15.5. The molecule has 2 heterocycles. The molecule has 0 bridgehead atoms. The van der Waals surface area contributed by atoms with Gasteiger partial charge in [0.1, 0.15) is 11.5 Å². The van der Waals surface area contributed by atoms with E-state index in [9.17, 15) is 0 Å². The number of anilines is 1. The van der Waals surface area contributed by atoms with Gasteiger partial charge in [0, 0.05) is 32.9 Å². The third-order valence-corrected chi connectivity index (χ3v) is 3.35. The van der Waals surface area contributed by atoms with Crippen molar-refractivity contribution in [1.82, 2.24) is 14.9 Å². The Hall–Kier alpha value is -1.88. The summed E-state index contributed by atoms with van der Waals surface area (Å²) >= 11 is 0. The Kier molecular flexibility index (Phi) is 4.96. The van der Waals surface area contributed by atoms with E-state index in [4.69, 9.17) is 4.42 Å². The smallest absolute Gasteiger partial charge is 0.225 e. The Morgan fingerprint density at radius 2 is 1.90 bits per heavy atom. The van der Waals surface area contributed by atoms with Crippen LogP contribution >= 0.6 is 0 Å². The minimum atomic E-state index is 0.410. The van der Waals surface area contributed by atoms with Gasteiger partial charge in [-0.15, -0.1) is 0 Å². The number of hydrogen-bond donors (Lipinski definition) is 0. The zero-order chi connectivity index (χ0) is 15.4. The third kappa shape index (κ3) is 4.29. The molecule has 0 radical (unpaired) electrons. The molecule has 0 saturated carbocycles. The highest BCUT2D eigenvalue weighted by molar-refractivity contribution is 5.27. The Morgan fingerprint density at radius 1 is 1.14 bits per heavy atom. The quantitative estimate of drug-likeness (QED) is 0.818. The molecule has 0 spiro atoms. The van der Waals surface area contributed by atoms with E-state index in [1.54, 1.807) is 0 Å². The van der Waals surface area contributed by atoms with Crippen molar-refractivity contribution < 1.29 is 4.42 Å². The Labute approximate surface area is 126 Å². The largest absolute Gasteiger partial charge is 0.465 e. The van der Waals surface area contributed by atoms with Gasteiger partial charge in [0.25, 0.3) is 0 Å². The SMILES string of the molecule is Cc1ccc(CN(Cc2ccnc(N(C)C)n2)C(C)C)o1. The maximum absolute atomic E-state index is 5.68. The summed E-state index contributed by atoms with van der Waals surface area (Å²) in [6.07, 6.45) is 1.81. The van der Waals surface area contributed by atoms with Gasteiger partial charge in [0.05, 0.1) is 12.2 Å². The molecule has 0 atom stereocenters. The van der Waals surface area contributed by atoms with Crippen LogP contribution < -0.4 is 4.90 Å². The van der Waals surface area contributed by atoms with Crippen molar-refractivity contribution in [2.24, 2.45) is 0 Å². The Balaban J connectivity index is 2.11. The minimum absolute atomic E-state index is 0.410. The predicted molar refractivity (Wildman–Crippen MR) is 84.2 cm³/mol. The highest BCUT2D eigenvalue weighted by atomic mass is 16.3. The van der Waals surface area contributed by atoms with Crippen LogP contribution in [0.1, 0.15) is 31.1 Å². The summed E-state index contributed by atoms with van der Waals surface area (Å²) in [6, 6.07) is 6.42. The average Bonchev–Trinajstić information content (AvgIpc) is 2.83. The molecule has 0 unspecified atom stereocenters. The molecule has 0 aromatic carbocycles. The van der Waals surface area contributed by atoms with E-state index < -0.39 is 0 Å². The van der Waals surface area contributed by atoms with Crippen LogP contribution in [0.25, 0.3) is 0 Å². The number of nitrogens with zero attached hydrogens (tertiary/aromatic N) is 4. The maximum Gasteiger partial charge on any atom is 0.225 e. The molecular weight excluding hydrogens is 264 g/mol. The Bertz CT molecular complexity index is 577. The van der Waals surface area contributed by atoms with E-state index in [-0.39, 0.29) is 0 Å². The van der Waals surface area contributed by atoms with Crippen molar-refractivity contribution in [1.29, 1.82) is 0 Å². The molecule has 5 nitrogen and oxygen atoms in total. The Morgan fingerprint density at radius 3 is 2.48 bits per heavy atom. The zero-order valence-corrected chi connectivity index (χ0v) is 13.5. The minimum Gasteiger partial charge on any atom is -0.465 e. The number of hydrogen-bond acceptors (Lipinski definition) is 5. The van der Waals surface area contributed by atoms with Crippen molar-refractivity contribution in [2.75, 3.05) is 19.0 Å². The monoisotopic (exact) mass is 288 g/mol. The van der Waals surface area contributed by atoms with Crippen LogP contribution in [-0.4, -0.2) is 35.0 Å². The molecule has 0 aliphatic heterocycles. The molecule has 0 aliphatic carbocycles. The fourth-order valence-electron chi connectivity index (χ4n) is 2.09. The van der Waals surface area contributed by atoms with Gasteiger partial charge >= 0.3 is 0 Å². The van der Waals surface area contributed by atoms with E-state index in [2.05, 4.69) is 28.7 Å². The molecule has 0 fully saturated rings. The van der Waals surface area contributed by atoms with Crippen LogP contribution in [0.3, 0.4) is 0 Å². The summed E-state index contributed by atoms with van der Waals surface area (Å²) in [5.41, 5.74) is 1.02. The molecular formula is C16H24N4O. The number of aromatic nitrogens is 2. The second-order valence-corrected chi connectivity index (χ2v) is 5.75. The lowest BCUT2D eigenvalue weighted by Gasteiger charge is -2.25. The molecule has 114 valence electrons. The number of rotatable bonds is 6. The van der Waals surface area contributed by atoms with Gasteiger partial charge in [-0.05, 0) is 39.0 Å². The average molecular weight is 288 g/mol. The van der Waals surface area contributed by atoms with Crippen molar-refractivity contribution in [2.45, 2.75) is 39.9 Å². The summed E-state index contributed by atoms with van der Waals surface area (Å²) < 4.78 is 5.68. The molecule has 0 aliphatic rings. The standard InChI is InChI=1S/C16H24N4O/c1-12(2)20(11-15-7-6-13(3)21-15)10-14-8-9-17-16(18-14)19(4)5/h6-9,12H,10-11H2,1-5H3. The maximum atomic E-state index is 5.68. The van der Waals surface area contributed by atoms with Crippen LogP contribution in [0.2, 0.25) is 0 Å². The van der Waals surface area contributed by atoms with Crippen LogP contribution in [0.5, 0.6) is 0 Å². The van der Waals surface area contributed by atoms with E-state index in [0.717, 1.165) is 36.3 Å². The van der Waals surface area contributed by atoms with Gasteiger partial charge in [0.2, 0.25) is 5.95 Å². The van der Waals surface area contributed by atoms with Crippen LogP contribution in [0, 0.1) is 6.92 Å². The fourth-order valence-corrected chi connectivity index (χ4v) is 2.09. The van der Waals surface area contributed by atoms with Gasteiger partial charge in [-0.1, -0.05) is 0 Å².